The topological polar surface area (TPSA) is 251 Å². The minimum Gasteiger partial charge on any atom is -0.457 e. The number of benzene rings is 3. The maximum absolute atomic E-state index is 14.0. The number of amides is 6. The van der Waals surface area contributed by atoms with Gasteiger partial charge in [0.25, 0.3) is 17.7 Å². The number of aromatic nitrogens is 4. The third-order valence-corrected chi connectivity index (χ3v) is 12.2. The number of fused-ring (bicyclic) bond motifs is 2. The van der Waals surface area contributed by atoms with Crippen LogP contribution >= 0.6 is 0 Å². The highest BCUT2D eigenvalue weighted by atomic mass is 16.5. The Morgan fingerprint density at radius 1 is 1.00 bits per heavy atom. The van der Waals surface area contributed by atoms with Gasteiger partial charge in [-0.25, -0.2) is 14.6 Å². The van der Waals surface area contributed by atoms with Crippen molar-refractivity contribution in [1.82, 2.24) is 45.1 Å². The number of nitrogen functional groups attached to an aromatic ring is 1. The molecule has 0 aliphatic carbocycles. The summed E-state index contributed by atoms with van der Waals surface area (Å²) < 4.78 is 7.78. The number of hydrogen-bond donors (Lipinski definition) is 4. The largest absolute Gasteiger partial charge is 0.457 e. The fourth-order valence-corrected chi connectivity index (χ4v) is 8.42. The summed E-state index contributed by atoms with van der Waals surface area (Å²) in [6, 6.07) is 22.3. The first-order valence-corrected chi connectivity index (χ1v) is 21.5. The molecule has 2 aromatic heterocycles. The Morgan fingerprint density at radius 2 is 1.76 bits per heavy atom. The molecule has 2 fully saturated rings. The number of piperidine rings is 2. The van der Waals surface area contributed by atoms with E-state index in [0.29, 0.717) is 54.2 Å². The van der Waals surface area contributed by atoms with Gasteiger partial charge in [0.15, 0.2) is 5.65 Å². The van der Waals surface area contributed by atoms with E-state index in [0.717, 1.165) is 10.5 Å². The van der Waals surface area contributed by atoms with Gasteiger partial charge in [-0.1, -0.05) is 24.3 Å². The quantitative estimate of drug-likeness (QED) is 0.0703. The van der Waals surface area contributed by atoms with E-state index in [4.69, 9.17) is 15.6 Å². The van der Waals surface area contributed by atoms with Crippen LogP contribution in [0.15, 0.2) is 90.8 Å². The lowest BCUT2D eigenvalue weighted by Gasteiger charge is -2.35. The Morgan fingerprint density at radius 3 is 2.50 bits per heavy atom. The van der Waals surface area contributed by atoms with Crippen molar-refractivity contribution >= 4 is 58.0 Å². The first-order valence-electron chi connectivity index (χ1n) is 21.5. The molecule has 338 valence electrons. The molecule has 5 aromatic rings. The fourth-order valence-electron chi connectivity index (χ4n) is 8.42. The van der Waals surface area contributed by atoms with Crippen LogP contribution in [0.3, 0.4) is 0 Å². The van der Waals surface area contributed by atoms with E-state index in [1.54, 1.807) is 27.8 Å². The minimum atomic E-state index is -1.11. The molecule has 3 aliphatic heterocycles. The van der Waals surface area contributed by atoms with Gasteiger partial charge in [0, 0.05) is 49.4 Å². The zero-order valence-corrected chi connectivity index (χ0v) is 36.6. The van der Waals surface area contributed by atoms with Crippen molar-refractivity contribution in [3.05, 3.63) is 102 Å². The number of likely N-dealkylation sites (tertiary alicyclic amines) is 1. The Bertz CT molecular complexity index is 2820. The second-order valence-corrected chi connectivity index (χ2v) is 16.9. The summed E-state index contributed by atoms with van der Waals surface area (Å²) in [5, 5.41) is 23.8. The van der Waals surface area contributed by atoms with E-state index in [1.807, 2.05) is 80.4 Å². The van der Waals surface area contributed by atoms with Crippen molar-refractivity contribution < 1.29 is 33.5 Å². The van der Waals surface area contributed by atoms with Gasteiger partial charge in [-0.3, -0.25) is 43.9 Å². The average Bonchev–Trinajstić information content (AvgIpc) is 3.83. The van der Waals surface area contributed by atoms with Crippen LogP contribution in [0.1, 0.15) is 66.3 Å². The first kappa shape index (κ1) is 44.6. The number of imide groups is 2. The number of hydrogen-bond acceptors (Lipinski definition) is 14. The molecule has 66 heavy (non-hydrogen) atoms. The van der Waals surface area contributed by atoms with Crippen LogP contribution in [0, 0.1) is 11.3 Å². The number of para-hydroxylation sites is 1. The van der Waals surface area contributed by atoms with Gasteiger partial charge in [-0.15, -0.1) is 0 Å². The highest BCUT2D eigenvalue weighted by molar-refractivity contribution is 6.25. The summed E-state index contributed by atoms with van der Waals surface area (Å²) in [6.45, 7) is 4.82. The van der Waals surface area contributed by atoms with E-state index in [2.05, 4.69) is 32.0 Å². The number of likely N-dealkylation sites (N-methyl/N-ethyl adjacent to an activating group) is 1. The lowest BCUT2D eigenvalue weighted by atomic mass is 9.98. The number of anilines is 2. The van der Waals surface area contributed by atoms with Crippen LogP contribution in [0.25, 0.3) is 22.3 Å². The predicted octanol–water partition coefficient (Wildman–Crippen LogP) is 3.82. The highest BCUT2D eigenvalue weighted by Crippen LogP contribution is 2.36. The second kappa shape index (κ2) is 18.6. The molecule has 5 heterocycles. The van der Waals surface area contributed by atoms with Crippen LogP contribution in [0.5, 0.6) is 11.5 Å². The fraction of sp³-hybridized carbons (Fsp3) is 0.319. The van der Waals surface area contributed by atoms with Crippen molar-refractivity contribution in [2.45, 2.75) is 57.2 Å². The SMILES string of the molecule is CN(CCNC(=O)CNc1cccc2c1C(=O)N(C1CCC(=O)NC1=O)C2=O)C(C)(C)/C=C(\C#N)C(=O)N1CCC[C@@H](n2nc(-c3ccc(Oc4ccccc4)cc3)c3c(N)ncnc32)C1. The molecule has 19 heteroatoms. The van der Waals surface area contributed by atoms with Gasteiger partial charge in [-0.2, -0.15) is 10.4 Å². The Hall–Kier alpha value is -7.98. The summed E-state index contributed by atoms with van der Waals surface area (Å²) in [5.41, 5.74) is 7.94. The van der Waals surface area contributed by atoms with Crippen molar-refractivity contribution in [1.29, 1.82) is 5.26 Å². The first-order chi connectivity index (χ1) is 31.7. The molecule has 6 amide bonds. The summed E-state index contributed by atoms with van der Waals surface area (Å²) in [6.07, 6.45) is 4.43. The molecule has 2 atom stereocenters. The normalized spacial score (nSPS) is 17.7. The van der Waals surface area contributed by atoms with Crippen LogP contribution in [0.2, 0.25) is 0 Å². The van der Waals surface area contributed by atoms with Gasteiger partial charge >= 0.3 is 0 Å². The van der Waals surface area contributed by atoms with E-state index in [-0.39, 0.29) is 66.7 Å². The maximum Gasteiger partial charge on any atom is 0.264 e. The summed E-state index contributed by atoms with van der Waals surface area (Å²) in [5.74, 6) is -1.66. The molecule has 2 saturated heterocycles. The van der Waals surface area contributed by atoms with Crippen LogP contribution in [-0.2, 0) is 19.2 Å². The number of ether oxygens (including phenoxy) is 1. The van der Waals surface area contributed by atoms with Crippen LogP contribution in [-0.4, -0.2) is 121 Å². The van der Waals surface area contributed by atoms with Gasteiger partial charge in [0.2, 0.25) is 17.7 Å². The number of nitriles is 1. The van der Waals surface area contributed by atoms with E-state index in [1.165, 1.54) is 12.4 Å². The van der Waals surface area contributed by atoms with Gasteiger partial charge in [-0.05, 0) is 94.8 Å². The summed E-state index contributed by atoms with van der Waals surface area (Å²) in [7, 11) is 1.82. The smallest absolute Gasteiger partial charge is 0.264 e. The van der Waals surface area contributed by atoms with E-state index in [9.17, 15) is 34.0 Å². The van der Waals surface area contributed by atoms with Crippen molar-refractivity contribution in [3.63, 3.8) is 0 Å². The van der Waals surface area contributed by atoms with Gasteiger partial charge < -0.3 is 26.0 Å². The number of nitrogens with two attached hydrogens (primary N) is 1. The Kier molecular flexibility index (Phi) is 12.6. The molecule has 19 nitrogen and oxygen atoms in total. The van der Waals surface area contributed by atoms with Crippen molar-refractivity contribution in [2.24, 2.45) is 0 Å². The Balaban J connectivity index is 0.874. The molecule has 0 radical (unpaired) electrons. The zero-order valence-electron chi connectivity index (χ0n) is 36.6. The second-order valence-electron chi connectivity index (χ2n) is 16.9. The number of nitrogens with zero attached hydrogens (tertiary/aromatic N) is 8. The molecule has 3 aromatic carbocycles. The standard InChI is InChI=1S/C47H48N12O7/c1-47(2,56(3)22-20-50-37(61)25-51-34-13-7-12-33-38(34)46(65)58(45(33)64)35-18-19-36(60)54-43(35)62)23-29(24-48)44(63)57-21-8-9-30(26-57)59-42-39(41(49)52-27-53-42)40(55-59)28-14-16-32(17-15-28)66-31-10-5-4-6-11-31/h4-7,10-17,23,27,30,35,51H,8-9,18-22,25-26H2,1-3H3,(H,50,61)(H2,49,52,53)(H,54,60,62)/b29-23+/t30-,35?/m1/s1. The third-order valence-electron chi connectivity index (χ3n) is 12.2. The van der Waals surface area contributed by atoms with Crippen molar-refractivity contribution in [3.8, 4) is 28.8 Å². The third kappa shape index (κ3) is 9.03. The highest BCUT2D eigenvalue weighted by Gasteiger charge is 2.45. The monoisotopic (exact) mass is 892 g/mol. The van der Waals surface area contributed by atoms with E-state index >= 15 is 0 Å². The van der Waals surface area contributed by atoms with Crippen molar-refractivity contribution in [2.75, 3.05) is 50.8 Å². The maximum atomic E-state index is 14.0. The molecular formula is C47H48N12O7. The zero-order chi connectivity index (χ0) is 46.7. The van der Waals surface area contributed by atoms with Crippen LogP contribution < -0.4 is 26.4 Å². The average molecular weight is 893 g/mol. The lowest BCUT2D eigenvalue weighted by molar-refractivity contribution is -0.136. The molecule has 0 spiro atoms. The number of carbonyl (C=O) groups excluding carboxylic acids is 6. The molecule has 8 rings (SSSR count). The van der Waals surface area contributed by atoms with E-state index < -0.39 is 47.0 Å². The molecule has 1 unspecified atom stereocenters. The van der Waals surface area contributed by atoms with Gasteiger partial charge in [0.1, 0.15) is 47.0 Å². The number of nitrogens with one attached hydrogen (secondary N) is 3. The molecule has 5 N–H and O–H groups in total. The lowest BCUT2D eigenvalue weighted by Crippen LogP contribution is -2.54. The van der Waals surface area contributed by atoms with Crippen LogP contribution in [0.4, 0.5) is 11.5 Å². The summed E-state index contributed by atoms with van der Waals surface area (Å²) in [4.78, 5) is 91.0. The summed E-state index contributed by atoms with van der Waals surface area (Å²) >= 11 is 0. The molecule has 3 aliphatic rings. The minimum absolute atomic E-state index is 0.000554. The van der Waals surface area contributed by atoms with Gasteiger partial charge in [0.05, 0.1) is 29.1 Å². The Labute approximate surface area is 379 Å². The molecular weight excluding hydrogens is 845 g/mol. The number of carbonyl (C=O) groups is 6. The molecule has 0 bridgehead atoms. The number of rotatable bonds is 14. The predicted molar refractivity (Wildman–Crippen MR) is 242 cm³/mol. The molecule has 0 saturated carbocycles.